The number of carbonyl (C=O) groups is 3. The van der Waals surface area contributed by atoms with Crippen molar-refractivity contribution in [3.63, 3.8) is 0 Å². The van der Waals surface area contributed by atoms with Crippen LogP contribution in [0.3, 0.4) is 0 Å². The number of pyridine rings is 1. The maximum atomic E-state index is 11.7. The number of nitrogens with zero attached hydrogens (tertiary/aromatic N) is 1. The van der Waals surface area contributed by atoms with Crippen LogP contribution in [-0.4, -0.2) is 34.4 Å². The standard InChI is InChI=1S/C13H17N3O4/c1-13(2,3)12(20)15-7-10(17)16-9-6-14-5-4-8(9)11(18)19/h4-6H,7H2,1-3H3,(H,15,20)(H,16,17)(H,18,19). The summed E-state index contributed by atoms with van der Waals surface area (Å²) in [6.07, 6.45) is 2.56. The number of carboxylic acids is 1. The maximum Gasteiger partial charge on any atom is 0.337 e. The Morgan fingerprint density at radius 1 is 1.30 bits per heavy atom. The first-order valence-corrected chi connectivity index (χ1v) is 5.97. The molecule has 0 saturated carbocycles. The van der Waals surface area contributed by atoms with E-state index in [2.05, 4.69) is 15.6 Å². The first-order valence-electron chi connectivity index (χ1n) is 5.97. The molecule has 0 aromatic carbocycles. The fraction of sp³-hybridized carbons (Fsp3) is 0.385. The van der Waals surface area contributed by atoms with Crippen LogP contribution in [0.4, 0.5) is 5.69 Å². The van der Waals surface area contributed by atoms with Gasteiger partial charge in [-0.1, -0.05) is 20.8 Å². The van der Waals surface area contributed by atoms with Crippen LogP contribution >= 0.6 is 0 Å². The first kappa shape index (κ1) is 15.6. The third-order valence-electron chi connectivity index (χ3n) is 2.42. The predicted octanol–water partition coefficient (Wildman–Crippen LogP) is 0.881. The lowest BCUT2D eigenvalue weighted by atomic mass is 9.96. The van der Waals surface area contributed by atoms with Crippen molar-refractivity contribution in [2.24, 2.45) is 5.41 Å². The fourth-order valence-electron chi connectivity index (χ4n) is 1.30. The second kappa shape index (κ2) is 6.14. The molecule has 1 aromatic rings. The summed E-state index contributed by atoms with van der Waals surface area (Å²) in [6, 6.07) is 1.28. The highest BCUT2D eigenvalue weighted by Gasteiger charge is 2.21. The molecule has 0 spiro atoms. The van der Waals surface area contributed by atoms with Gasteiger partial charge in [0.25, 0.3) is 0 Å². The molecule has 1 rings (SSSR count). The van der Waals surface area contributed by atoms with E-state index in [1.165, 1.54) is 18.5 Å². The molecule has 108 valence electrons. The lowest BCUT2D eigenvalue weighted by Gasteiger charge is -2.17. The van der Waals surface area contributed by atoms with Crippen molar-refractivity contribution >= 4 is 23.5 Å². The molecule has 0 aliphatic rings. The number of amides is 2. The SMILES string of the molecule is CC(C)(C)C(=O)NCC(=O)Nc1cnccc1C(=O)O. The summed E-state index contributed by atoms with van der Waals surface area (Å²) in [6.45, 7) is 4.95. The van der Waals surface area contributed by atoms with E-state index in [1.807, 2.05) is 0 Å². The Bertz CT molecular complexity index is 535. The largest absolute Gasteiger partial charge is 0.478 e. The maximum absolute atomic E-state index is 11.7. The molecule has 20 heavy (non-hydrogen) atoms. The van der Waals surface area contributed by atoms with Gasteiger partial charge in [-0.05, 0) is 6.07 Å². The minimum atomic E-state index is -1.17. The summed E-state index contributed by atoms with van der Waals surface area (Å²) in [5.74, 6) is -1.95. The first-order chi connectivity index (χ1) is 9.21. The number of carboxylic acid groups (broad SMARTS) is 1. The average Bonchev–Trinajstić information content (AvgIpc) is 2.35. The molecule has 7 heteroatoms. The van der Waals surface area contributed by atoms with E-state index in [9.17, 15) is 14.4 Å². The van der Waals surface area contributed by atoms with E-state index in [1.54, 1.807) is 20.8 Å². The van der Waals surface area contributed by atoms with E-state index < -0.39 is 17.3 Å². The van der Waals surface area contributed by atoms with Gasteiger partial charge >= 0.3 is 5.97 Å². The number of rotatable bonds is 4. The zero-order chi connectivity index (χ0) is 15.3. The van der Waals surface area contributed by atoms with Gasteiger partial charge in [0.15, 0.2) is 0 Å². The normalized spacial score (nSPS) is 10.8. The molecule has 0 bridgehead atoms. The summed E-state index contributed by atoms with van der Waals surface area (Å²) < 4.78 is 0. The minimum Gasteiger partial charge on any atom is -0.478 e. The quantitative estimate of drug-likeness (QED) is 0.758. The Balaban J connectivity index is 2.64. The Hall–Kier alpha value is -2.44. The lowest BCUT2D eigenvalue weighted by molar-refractivity contribution is -0.130. The van der Waals surface area contributed by atoms with Gasteiger partial charge in [0, 0.05) is 11.6 Å². The van der Waals surface area contributed by atoms with Crippen LogP contribution in [0.2, 0.25) is 0 Å². The Labute approximate surface area is 116 Å². The molecule has 0 unspecified atom stereocenters. The smallest absolute Gasteiger partial charge is 0.337 e. The molecule has 0 fully saturated rings. The van der Waals surface area contributed by atoms with Crippen LogP contribution in [0.1, 0.15) is 31.1 Å². The van der Waals surface area contributed by atoms with Crippen LogP contribution in [0.15, 0.2) is 18.5 Å². The van der Waals surface area contributed by atoms with Gasteiger partial charge in [-0.15, -0.1) is 0 Å². The monoisotopic (exact) mass is 279 g/mol. The summed E-state index contributed by atoms with van der Waals surface area (Å²) in [5, 5.41) is 13.8. The van der Waals surface area contributed by atoms with Crippen molar-refractivity contribution in [2.45, 2.75) is 20.8 Å². The van der Waals surface area contributed by atoms with Crippen molar-refractivity contribution in [3.05, 3.63) is 24.0 Å². The summed E-state index contributed by atoms with van der Waals surface area (Å²) in [7, 11) is 0. The minimum absolute atomic E-state index is 0.0597. The zero-order valence-electron chi connectivity index (χ0n) is 11.6. The molecule has 0 saturated heterocycles. The van der Waals surface area contributed by atoms with Crippen LogP contribution in [0.5, 0.6) is 0 Å². The van der Waals surface area contributed by atoms with Crippen molar-refractivity contribution in [3.8, 4) is 0 Å². The Morgan fingerprint density at radius 3 is 2.50 bits per heavy atom. The van der Waals surface area contributed by atoms with Gasteiger partial charge in [-0.2, -0.15) is 0 Å². The van der Waals surface area contributed by atoms with E-state index in [0.717, 1.165) is 0 Å². The van der Waals surface area contributed by atoms with Gasteiger partial charge < -0.3 is 15.7 Å². The van der Waals surface area contributed by atoms with Crippen molar-refractivity contribution < 1.29 is 19.5 Å². The van der Waals surface area contributed by atoms with Gasteiger partial charge in [0.2, 0.25) is 11.8 Å². The van der Waals surface area contributed by atoms with Crippen LogP contribution < -0.4 is 10.6 Å². The fourth-order valence-corrected chi connectivity index (χ4v) is 1.30. The molecule has 0 aliphatic carbocycles. The van der Waals surface area contributed by atoms with E-state index in [4.69, 9.17) is 5.11 Å². The van der Waals surface area contributed by atoms with Crippen LogP contribution in [0.25, 0.3) is 0 Å². The van der Waals surface area contributed by atoms with Crippen molar-refractivity contribution in [2.75, 3.05) is 11.9 Å². The molecular weight excluding hydrogens is 262 g/mol. The van der Waals surface area contributed by atoms with Gasteiger partial charge in [-0.3, -0.25) is 14.6 Å². The highest BCUT2D eigenvalue weighted by atomic mass is 16.4. The molecule has 0 aliphatic heterocycles. The molecule has 1 aromatic heterocycles. The Kier molecular flexibility index (Phi) is 4.79. The van der Waals surface area contributed by atoms with Crippen molar-refractivity contribution in [1.29, 1.82) is 0 Å². The highest BCUT2D eigenvalue weighted by molar-refractivity contribution is 6.01. The van der Waals surface area contributed by atoms with Gasteiger partial charge in [-0.25, -0.2) is 4.79 Å². The molecule has 2 amide bonds. The highest BCUT2D eigenvalue weighted by Crippen LogP contribution is 2.14. The molecule has 0 radical (unpaired) electrons. The number of anilines is 1. The topological polar surface area (TPSA) is 108 Å². The number of carbonyl (C=O) groups excluding carboxylic acids is 2. The summed E-state index contributed by atoms with van der Waals surface area (Å²) >= 11 is 0. The zero-order valence-corrected chi connectivity index (χ0v) is 11.6. The predicted molar refractivity (Wildman–Crippen MR) is 72.3 cm³/mol. The third kappa shape index (κ3) is 4.34. The molecular formula is C13H17N3O4. The van der Waals surface area contributed by atoms with Crippen LogP contribution in [-0.2, 0) is 9.59 Å². The van der Waals surface area contributed by atoms with E-state index in [0.29, 0.717) is 0 Å². The second-order valence-corrected chi connectivity index (χ2v) is 5.21. The molecule has 7 nitrogen and oxygen atoms in total. The molecule has 1 heterocycles. The second-order valence-electron chi connectivity index (χ2n) is 5.21. The van der Waals surface area contributed by atoms with E-state index in [-0.39, 0.29) is 23.7 Å². The van der Waals surface area contributed by atoms with Crippen molar-refractivity contribution in [1.82, 2.24) is 10.3 Å². The molecule has 3 N–H and O–H groups in total. The lowest BCUT2D eigenvalue weighted by Crippen LogP contribution is -2.39. The number of hydrogen-bond acceptors (Lipinski definition) is 4. The Morgan fingerprint density at radius 2 is 1.95 bits per heavy atom. The summed E-state index contributed by atoms with van der Waals surface area (Å²) in [5.41, 5.74) is -0.564. The summed E-state index contributed by atoms with van der Waals surface area (Å²) in [4.78, 5) is 38.0. The van der Waals surface area contributed by atoms with E-state index >= 15 is 0 Å². The van der Waals surface area contributed by atoms with Gasteiger partial charge in [0.1, 0.15) is 0 Å². The molecule has 0 atom stereocenters. The number of aromatic nitrogens is 1. The number of nitrogens with one attached hydrogen (secondary N) is 2. The number of aromatic carboxylic acids is 1. The average molecular weight is 279 g/mol. The van der Waals surface area contributed by atoms with Gasteiger partial charge in [0.05, 0.1) is 24.0 Å². The number of hydrogen-bond donors (Lipinski definition) is 3. The van der Waals surface area contributed by atoms with Crippen LogP contribution in [0, 0.1) is 5.41 Å². The third-order valence-corrected chi connectivity index (χ3v) is 2.42.